The molecule has 0 aliphatic rings. The van der Waals surface area contributed by atoms with Gasteiger partial charge in [-0.05, 0) is 31.2 Å². The minimum atomic E-state index is -3.20. The predicted octanol–water partition coefficient (Wildman–Crippen LogP) is 2.33. The summed E-state index contributed by atoms with van der Waals surface area (Å²) in [4.78, 5) is 27.3. The van der Waals surface area contributed by atoms with Gasteiger partial charge in [-0.25, -0.2) is 8.42 Å². The molecule has 0 bridgehead atoms. The monoisotopic (exact) mass is 406 g/mol. The van der Waals surface area contributed by atoms with Gasteiger partial charge in [-0.1, -0.05) is 13.0 Å². The number of hydrogen-bond acceptors (Lipinski definition) is 7. The van der Waals surface area contributed by atoms with Crippen LogP contribution in [-0.2, 0) is 9.84 Å². The molecule has 1 aromatic carbocycles. The van der Waals surface area contributed by atoms with Crippen LogP contribution in [0.15, 0.2) is 42.6 Å². The highest BCUT2D eigenvalue weighted by molar-refractivity contribution is 7.91. The Bertz CT molecular complexity index is 948. The van der Waals surface area contributed by atoms with Gasteiger partial charge >= 0.3 is 0 Å². The van der Waals surface area contributed by atoms with Crippen molar-refractivity contribution in [1.29, 1.82) is 0 Å². The molecule has 0 spiro atoms. The highest BCUT2D eigenvalue weighted by Gasteiger charge is 2.20. The highest BCUT2D eigenvalue weighted by atomic mass is 32.2. The number of nitrogens with one attached hydrogen (secondary N) is 2. The largest absolute Gasteiger partial charge is 0.371 e. The molecule has 28 heavy (non-hydrogen) atoms. The van der Waals surface area contributed by atoms with Crippen molar-refractivity contribution in [2.24, 2.45) is 0 Å². The lowest BCUT2D eigenvalue weighted by Gasteiger charge is -2.15. The molecule has 0 radical (unpaired) electrons. The summed E-state index contributed by atoms with van der Waals surface area (Å²) in [6.07, 6.45) is 1.63. The number of benzene rings is 1. The van der Waals surface area contributed by atoms with E-state index in [0.717, 1.165) is 11.8 Å². The van der Waals surface area contributed by atoms with E-state index in [4.69, 9.17) is 0 Å². The Balaban J connectivity index is 2.13. The number of rotatable bonds is 9. The van der Waals surface area contributed by atoms with E-state index in [9.17, 15) is 23.3 Å². The number of pyridine rings is 1. The van der Waals surface area contributed by atoms with Gasteiger partial charge in [-0.15, -0.1) is 0 Å². The maximum Gasteiger partial charge on any atom is 0.293 e. The zero-order valence-electron chi connectivity index (χ0n) is 15.6. The third kappa shape index (κ3) is 5.74. The van der Waals surface area contributed by atoms with Crippen LogP contribution in [0.25, 0.3) is 0 Å². The fourth-order valence-corrected chi connectivity index (χ4v) is 3.15. The predicted molar refractivity (Wildman–Crippen MR) is 106 cm³/mol. The van der Waals surface area contributed by atoms with E-state index in [1.165, 1.54) is 19.1 Å². The second kappa shape index (κ2) is 9.27. The van der Waals surface area contributed by atoms with Crippen molar-refractivity contribution in [3.05, 3.63) is 64.0 Å². The number of aromatic nitrogens is 1. The number of carbonyl (C=O) groups excluding carboxylic acids is 1. The average Bonchev–Trinajstić information content (AvgIpc) is 2.68. The molecule has 1 unspecified atom stereocenters. The zero-order valence-corrected chi connectivity index (χ0v) is 16.4. The SMILES string of the molecule is CCS(=O)(=O)CCNC(=O)c1ccc(NC(C)c2ccccn2)c([N+](=O)[O-])c1. The zero-order chi connectivity index (χ0) is 20.7. The third-order valence-electron chi connectivity index (χ3n) is 4.10. The number of nitro benzene ring substituents is 1. The molecule has 0 fully saturated rings. The number of anilines is 1. The quantitative estimate of drug-likeness (QED) is 0.482. The molecule has 1 amide bonds. The molecule has 0 aliphatic carbocycles. The van der Waals surface area contributed by atoms with Crippen LogP contribution in [0.5, 0.6) is 0 Å². The van der Waals surface area contributed by atoms with Gasteiger partial charge in [0.25, 0.3) is 11.6 Å². The molecule has 150 valence electrons. The molecular weight excluding hydrogens is 384 g/mol. The molecule has 10 heteroatoms. The molecule has 0 saturated carbocycles. The van der Waals surface area contributed by atoms with E-state index >= 15 is 0 Å². The van der Waals surface area contributed by atoms with Gasteiger partial charge in [0.1, 0.15) is 5.69 Å². The summed E-state index contributed by atoms with van der Waals surface area (Å²) >= 11 is 0. The first-order valence-electron chi connectivity index (χ1n) is 8.68. The second-order valence-electron chi connectivity index (χ2n) is 6.10. The van der Waals surface area contributed by atoms with E-state index in [2.05, 4.69) is 15.6 Å². The first-order chi connectivity index (χ1) is 13.2. The normalized spacial score (nSPS) is 12.2. The second-order valence-corrected chi connectivity index (χ2v) is 8.57. The summed E-state index contributed by atoms with van der Waals surface area (Å²) in [5, 5.41) is 16.9. The van der Waals surface area contributed by atoms with Crippen molar-refractivity contribution < 1.29 is 18.1 Å². The first kappa shape index (κ1) is 21.3. The molecule has 2 N–H and O–H groups in total. The Kier molecular flexibility index (Phi) is 7.05. The van der Waals surface area contributed by atoms with Crippen molar-refractivity contribution in [2.75, 3.05) is 23.4 Å². The Labute approximate surface area is 163 Å². The lowest BCUT2D eigenvalue weighted by molar-refractivity contribution is -0.384. The number of nitro groups is 1. The summed E-state index contributed by atoms with van der Waals surface area (Å²) in [5.74, 6) is -0.763. The number of sulfone groups is 1. The lowest BCUT2D eigenvalue weighted by Crippen LogP contribution is -2.29. The molecular formula is C18H22N4O5S. The molecule has 0 aliphatic heterocycles. The number of hydrogen-bond donors (Lipinski definition) is 2. The number of carbonyl (C=O) groups is 1. The lowest BCUT2D eigenvalue weighted by atomic mass is 10.1. The molecule has 1 heterocycles. The van der Waals surface area contributed by atoms with Crippen molar-refractivity contribution in [3.63, 3.8) is 0 Å². The maximum atomic E-state index is 12.2. The molecule has 2 aromatic rings. The van der Waals surface area contributed by atoms with E-state index in [1.54, 1.807) is 18.3 Å². The van der Waals surface area contributed by atoms with Gasteiger partial charge in [0.15, 0.2) is 9.84 Å². The van der Waals surface area contributed by atoms with Gasteiger partial charge in [0.05, 0.1) is 22.4 Å². The van der Waals surface area contributed by atoms with Crippen LogP contribution in [0.4, 0.5) is 11.4 Å². The van der Waals surface area contributed by atoms with Crippen LogP contribution in [0, 0.1) is 10.1 Å². The van der Waals surface area contributed by atoms with Gasteiger partial charge in [0, 0.05) is 30.1 Å². The van der Waals surface area contributed by atoms with Crippen LogP contribution in [-0.4, -0.2) is 42.3 Å². The van der Waals surface area contributed by atoms with Gasteiger partial charge in [-0.3, -0.25) is 19.9 Å². The minimum Gasteiger partial charge on any atom is -0.371 e. The molecule has 0 saturated heterocycles. The van der Waals surface area contributed by atoms with Gasteiger partial charge in [-0.2, -0.15) is 0 Å². The first-order valence-corrected chi connectivity index (χ1v) is 10.5. The topological polar surface area (TPSA) is 131 Å². The molecule has 9 nitrogen and oxygen atoms in total. The van der Waals surface area contributed by atoms with E-state index in [0.29, 0.717) is 0 Å². The standard InChI is InChI=1S/C18H22N4O5S/c1-3-28(26,27)11-10-20-18(23)14-7-8-16(17(12-14)22(24)25)21-13(2)15-6-4-5-9-19-15/h4-9,12-13,21H,3,10-11H2,1-2H3,(H,20,23). The van der Waals surface area contributed by atoms with Crippen molar-refractivity contribution in [3.8, 4) is 0 Å². The summed E-state index contributed by atoms with van der Waals surface area (Å²) in [6.45, 7) is 3.29. The maximum absolute atomic E-state index is 12.2. The minimum absolute atomic E-state index is 0.0107. The third-order valence-corrected chi connectivity index (χ3v) is 5.80. The summed E-state index contributed by atoms with van der Waals surface area (Å²) in [5.41, 5.74) is 0.803. The number of nitrogens with zero attached hydrogens (tertiary/aromatic N) is 2. The number of amides is 1. The Morgan fingerprint density at radius 3 is 2.64 bits per heavy atom. The molecule has 1 atom stereocenters. The highest BCUT2D eigenvalue weighted by Crippen LogP contribution is 2.28. The van der Waals surface area contributed by atoms with E-state index in [1.807, 2.05) is 13.0 Å². The van der Waals surface area contributed by atoms with Crippen LogP contribution < -0.4 is 10.6 Å². The summed E-state index contributed by atoms with van der Waals surface area (Å²) < 4.78 is 22.9. The van der Waals surface area contributed by atoms with Crippen LogP contribution >= 0.6 is 0 Å². The summed E-state index contributed by atoms with van der Waals surface area (Å²) in [7, 11) is -3.20. The van der Waals surface area contributed by atoms with Crippen molar-refractivity contribution in [1.82, 2.24) is 10.3 Å². The Morgan fingerprint density at radius 1 is 1.29 bits per heavy atom. The fourth-order valence-electron chi connectivity index (χ4n) is 2.45. The van der Waals surface area contributed by atoms with E-state index in [-0.39, 0.29) is 41.0 Å². The average molecular weight is 406 g/mol. The van der Waals surface area contributed by atoms with E-state index < -0.39 is 20.7 Å². The smallest absolute Gasteiger partial charge is 0.293 e. The van der Waals surface area contributed by atoms with Crippen LogP contribution in [0.1, 0.15) is 35.9 Å². The Hall–Kier alpha value is -3.01. The van der Waals surface area contributed by atoms with Gasteiger partial charge in [0.2, 0.25) is 0 Å². The van der Waals surface area contributed by atoms with Crippen molar-refractivity contribution >= 4 is 27.1 Å². The molecule has 2 rings (SSSR count). The van der Waals surface area contributed by atoms with Crippen LogP contribution in [0.3, 0.4) is 0 Å². The molecule has 1 aromatic heterocycles. The summed E-state index contributed by atoms with van der Waals surface area (Å²) in [6, 6.07) is 9.18. The fraction of sp³-hybridized carbons (Fsp3) is 0.333. The Morgan fingerprint density at radius 2 is 2.04 bits per heavy atom. The van der Waals surface area contributed by atoms with Gasteiger partial charge < -0.3 is 10.6 Å². The van der Waals surface area contributed by atoms with Crippen LogP contribution in [0.2, 0.25) is 0 Å². The van der Waals surface area contributed by atoms with Crippen molar-refractivity contribution in [2.45, 2.75) is 19.9 Å².